The largest absolute Gasteiger partial charge is 0.361 e. The molecule has 130 valence electrons. The van der Waals surface area contributed by atoms with Crippen LogP contribution in [0.5, 0.6) is 0 Å². The number of carbonyl (C=O) groups excluding carboxylic acids is 1. The van der Waals surface area contributed by atoms with Gasteiger partial charge in [0.2, 0.25) is 5.91 Å². The van der Waals surface area contributed by atoms with Crippen molar-refractivity contribution in [1.29, 1.82) is 0 Å². The predicted molar refractivity (Wildman–Crippen MR) is 104 cm³/mol. The molecule has 4 heteroatoms. The van der Waals surface area contributed by atoms with E-state index in [1.165, 1.54) is 22.0 Å². The fourth-order valence-electron chi connectivity index (χ4n) is 4.08. The molecular weight excluding hydrogens is 328 g/mol. The number of aromatic nitrogens is 1. The number of fused-ring (bicyclic) bond motifs is 3. The van der Waals surface area contributed by atoms with E-state index in [4.69, 9.17) is 0 Å². The minimum Gasteiger partial charge on any atom is -0.361 e. The van der Waals surface area contributed by atoms with Crippen LogP contribution in [0, 0.1) is 0 Å². The van der Waals surface area contributed by atoms with Crippen molar-refractivity contribution in [2.45, 2.75) is 45.1 Å². The summed E-state index contributed by atoms with van der Waals surface area (Å²) in [5.41, 5.74) is 4.10. The van der Waals surface area contributed by atoms with Gasteiger partial charge in [0.1, 0.15) is 0 Å². The van der Waals surface area contributed by atoms with E-state index >= 15 is 0 Å². The highest BCUT2D eigenvalue weighted by Gasteiger charge is 2.28. The summed E-state index contributed by atoms with van der Waals surface area (Å²) in [6, 6.07) is 11.0. The summed E-state index contributed by atoms with van der Waals surface area (Å²) in [6.45, 7) is 3.02. The normalized spacial score (nSPS) is 16.8. The van der Waals surface area contributed by atoms with Gasteiger partial charge in [-0.05, 0) is 60.4 Å². The average Bonchev–Trinajstić information content (AvgIpc) is 3.30. The van der Waals surface area contributed by atoms with Crippen LogP contribution < -0.4 is 0 Å². The zero-order valence-electron chi connectivity index (χ0n) is 14.6. The van der Waals surface area contributed by atoms with Crippen LogP contribution in [-0.2, 0) is 24.1 Å². The Morgan fingerprint density at radius 1 is 1.32 bits per heavy atom. The fraction of sp³-hybridized carbons (Fsp3) is 0.381. The van der Waals surface area contributed by atoms with E-state index in [2.05, 4.69) is 41.1 Å². The van der Waals surface area contributed by atoms with Gasteiger partial charge in [0.25, 0.3) is 0 Å². The van der Waals surface area contributed by atoms with Gasteiger partial charge >= 0.3 is 0 Å². The molecule has 0 aliphatic heterocycles. The van der Waals surface area contributed by atoms with Crippen molar-refractivity contribution in [3.63, 3.8) is 0 Å². The van der Waals surface area contributed by atoms with Crippen molar-refractivity contribution in [3.8, 4) is 0 Å². The standard InChI is InChI=1S/C21H24N2OS/c1-2-11-23(21(24)14-17-4-3-12-25-17)16-6-7-18-15(13-16)5-8-20-19(18)9-10-22-20/h3-5,8-10,12,16,22H,2,6-7,11,13-14H2,1H3. The van der Waals surface area contributed by atoms with Crippen LogP contribution in [0.15, 0.2) is 41.9 Å². The monoisotopic (exact) mass is 352 g/mol. The number of amides is 1. The maximum atomic E-state index is 12.9. The minimum atomic E-state index is 0.278. The summed E-state index contributed by atoms with van der Waals surface area (Å²) in [6.07, 6.45) is 6.67. The summed E-state index contributed by atoms with van der Waals surface area (Å²) in [4.78, 5) is 19.5. The lowest BCUT2D eigenvalue weighted by atomic mass is 9.85. The molecule has 1 unspecified atom stereocenters. The van der Waals surface area contributed by atoms with Gasteiger partial charge in [0.05, 0.1) is 6.42 Å². The van der Waals surface area contributed by atoms with Gasteiger partial charge in [-0.25, -0.2) is 0 Å². The molecule has 25 heavy (non-hydrogen) atoms. The third-order valence-electron chi connectivity index (χ3n) is 5.26. The van der Waals surface area contributed by atoms with E-state index in [1.54, 1.807) is 11.3 Å². The predicted octanol–water partition coefficient (Wildman–Crippen LogP) is 4.57. The molecule has 1 aromatic carbocycles. The number of aromatic amines is 1. The second-order valence-corrected chi connectivity index (χ2v) is 7.91. The lowest BCUT2D eigenvalue weighted by Gasteiger charge is -2.35. The number of benzene rings is 1. The Bertz CT molecular complexity index is 865. The lowest BCUT2D eigenvalue weighted by molar-refractivity contribution is -0.133. The molecule has 2 aromatic heterocycles. The molecule has 3 aromatic rings. The van der Waals surface area contributed by atoms with E-state index in [9.17, 15) is 4.79 Å². The first kappa shape index (κ1) is 16.4. The lowest BCUT2D eigenvalue weighted by Crippen LogP contribution is -2.44. The van der Waals surface area contributed by atoms with Crippen molar-refractivity contribution in [3.05, 3.63) is 57.9 Å². The molecule has 1 amide bonds. The maximum Gasteiger partial charge on any atom is 0.228 e. The molecule has 1 aliphatic rings. The van der Waals surface area contributed by atoms with Crippen LogP contribution >= 0.6 is 11.3 Å². The third-order valence-corrected chi connectivity index (χ3v) is 6.13. The van der Waals surface area contributed by atoms with Gasteiger partial charge in [-0.2, -0.15) is 0 Å². The SMILES string of the molecule is CCCN(C(=O)Cc1cccs1)C1CCc2c(ccc3[nH]ccc23)C1. The third kappa shape index (κ3) is 3.23. The fourth-order valence-corrected chi connectivity index (χ4v) is 4.77. The summed E-state index contributed by atoms with van der Waals surface area (Å²) < 4.78 is 0. The van der Waals surface area contributed by atoms with Gasteiger partial charge < -0.3 is 9.88 Å². The summed E-state index contributed by atoms with van der Waals surface area (Å²) in [5, 5.41) is 3.40. The molecule has 0 fully saturated rings. The highest BCUT2D eigenvalue weighted by Crippen LogP contribution is 2.31. The smallest absolute Gasteiger partial charge is 0.228 e. The van der Waals surface area contributed by atoms with Crippen molar-refractivity contribution < 1.29 is 4.79 Å². The van der Waals surface area contributed by atoms with E-state index in [0.717, 1.165) is 37.1 Å². The van der Waals surface area contributed by atoms with Crippen LogP contribution in [0.25, 0.3) is 10.9 Å². The molecule has 0 radical (unpaired) electrons. The molecular formula is C21H24N2OS. The highest BCUT2D eigenvalue weighted by molar-refractivity contribution is 7.10. The average molecular weight is 353 g/mol. The molecule has 0 bridgehead atoms. The van der Waals surface area contributed by atoms with E-state index in [1.807, 2.05) is 17.6 Å². The van der Waals surface area contributed by atoms with Crippen LogP contribution in [0.1, 0.15) is 35.8 Å². The van der Waals surface area contributed by atoms with Crippen LogP contribution in [0.4, 0.5) is 0 Å². The number of hydrogen-bond donors (Lipinski definition) is 1. The minimum absolute atomic E-state index is 0.278. The summed E-state index contributed by atoms with van der Waals surface area (Å²) in [7, 11) is 0. The van der Waals surface area contributed by atoms with Crippen molar-refractivity contribution in [1.82, 2.24) is 9.88 Å². The van der Waals surface area contributed by atoms with E-state index < -0.39 is 0 Å². The Morgan fingerprint density at radius 3 is 3.04 bits per heavy atom. The molecule has 4 rings (SSSR count). The van der Waals surface area contributed by atoms with Crippen LogP contribution in [-0.4, -0.2) is 28.4 Å². The summed E-state index contributed by atoms with van der Waals surface area (Å²) in [5.74, 6) is 0.278. The molecule has 0 spiro atoms. The zero-order chi connectivity index (χ0) is 17.2. The number of H-pyrrole nitrogens is 1. The second-order valence-electron chi connectivity index (χ2n) is 6.88. The Labute approximate surface area is 152 Å². The summed E-state index contributed by atoms with van der Waals surface area (Å²) >= 11 is 1.67. The first-order valence-electron chi connectivity index (χ1n) is 9.16. The molecule has 3 nitrogen and oxygen atoms in total. The number of nitrogens with one attached hydrogen (secondary N) is 1. The van der Waals surface area contributed by atoms with Gasteiger partial charge in [-0.1, -0.05) is 19.1 Å². The molecule has 1 aliphatic carbocycles. The number of thiophene rings is 1. The molecule has 2 heterocycles. The molecule has 1 atom stereocenters. The van der Waals surface area contributed by atoms with Crippen molar-refractivity contribution >= 4 is 28.1 Å². The van der Waals surface area contributed by atoms with Gasteiger partial charge in [0.15, 0.2) is 0 Å². The molecule has 0 saturated carbocycles. The van der Waals surface area contributed by atoms with Gasteiger partial charge in [-0.3, -0.25) is 4.79 Å². The number of nitrogens with zero attached hydrogens (tertiary/aromatic N) is 1. The maximum absolute atomic E-state index is 12.9. The number of carbonyl (C=O) groups is 1. The van der Waals surface area contributed by atoms with E-state index in [0.29, 0.717) is 12.5 Å². The Morgan fingerprint density at radius 2 is 2.24 bits per heavy atom. The topological polar surface area (TPSA) is 36.1 Å². The Balaban J connectivity index is 1.55. The number of rotatable bonds is 5. The van der Waals surface area contributed by atoms with Crippen molar-refractivity contribution in [2.24, 2.45) is 0 Å². The highest BCUT2D eigenvalue weighted by atomic mass is 32.1. The van der Waals surface area contributed by atoms with Crippen LogP contribution in [0.2, 0.25) is 0 Å². The number of hydrogen-bond acceptors (Lipinski definition) is 2. The van der Waals surface area contributed by atoms with Gasteiger partial charge in [0, 0.05) is 34.6 Å². The molecule has 1 N–H and O–H groups in total. The zero-order valence-corrected chi connectivity index (χ0v) is 15.4. The van der Waals surface area contributed by atoms with Gasteiger partial charge in [-0.15, -0.1) is 11.3 Å². The Kier molecular flexibility index (Phi) is 4.62. The molecule has 0 saturated heterocycles. The van der Waals surface area contributed by atoms with E-state index in [-0.39, 0.29) is 5.91 Å². The Hall–Kier alpha value is -2.07. The number of aryl methyl sites for hydroxylation is 1. The second kappa shape index (κ2) is 7.04. The first-order chi connectivity index (χ1) is 12.3. The first-order valence-corrected chi connectivity index (χ1v) is 10.0. The quantitative estimate of drug-likeness (QED) is 0.717. The van der Waals surface area contributed by atoms with Crippen molar-refractivity contribution in [2.75, 3.05) is 6.54 Å². The van der Waals surface area contributed by atoms with Crippen LogP contribution in [0.3, 0.4) is 0 Å².